The molecular weight excluding hydrogens is 455 g/mol. The zero-order valence-electron chi connectivity index (χ0n) is 16.7. The van der Waals surface area contributed by atoms with E-state index in [0.717, 1.165) is 57.9 Å². The number of ether oxygens (including phenoxy) is 1. The normalized spacial score (nSPS) is 15.1. The van der Waals surface area contributed by atoms with Crippen LogP contribution in [-0.2, 0) is 9.53 Å². The molecule has 7 heteroatoms. The van der Waals surface area contributed by atoms with Crippen molar-refractivity contribution < 1.29 is 9.53 Å². The number of guanidine groups is 1. The van der Waals surface area contributed by atoms with Gasteiger partial charge in [0.1, 0.15) is 0 Å². The van der Waals surface area contributed by atoms with Crippen molar-refractivity contribution in [3.8, 4) is 0 Å². The molecule has 1 fully saturated rings. The molecule has 0 aromatic heterocycles. The Hall–Kier alpha value is -1.51. The Labute approximate surface area is 180 Å². The van der Waals surface area contributed by atoms with Crippen LogP contribution in [0.1, 0.15) is 26.2 Å². The van der Waals surface area contributed by atoms with E-state index in [2.05, 4.69) is 51.3 Å². The van der Waals surface area contributed by atoms with Gasteiger partial charge in [-0.2, -0.15) is 0 Å². The van der Waals surface area contributed by atoms with Gasteiger partial charge in [-0.05, 0) is 38.3 Å². The van der Waals surface area contributed by atoms with Crippen molar-refractivity contribution in [2.24, 2.45) is 10.9 Å². The molecule has 0 bridgehead atoms. The molecule has 6 nitrogen and oxygen atoms in total. The number of nitrogens with one attached hydrogen (secondary N) is 1. The van der Waals surface area contributed by atoms with Crippen LogP contribution >= 0.6 is 24.0 Å². The summed E-state index contributed by atoms with van der Waals surface area (Å²) in [6, 6.07) is 10.5. The van der Waals surface area contributed by atoms with Gasteiger partial charge in [-0.25, -0.2) is 0 Å². The van der Waals surface area contributed by atoms with E-state index in [4.69, 9.17) is 4.74 Å². The van der Waals surface area contributed by atoms with Gasteiger partial charge < -0.3 is 19.9 Å². The summed E-state index contributed by atoms with van der Waals surface area (Å²) in [6.07, 6.45) is 2.69. The fraction of sp³-hybridized carbons (Fsp3) is 0.600. The van der Waals surface area contributed by atoms with Gasteiger partial charge in [0.05, 0.1) is 13.0 Å². The van der Waals surface area contributed by atoms with Gasteiger partial charge in [-0.1, -0.05) is 18.2 Å². The van der Waals surface area contributed by atoms with E-state index in [0.29, 0.717) is 0 Å². The van der Waals surface area contributed by atoms with E-state index in [1.165, 1.54) is 12.8 Å². The third-order valence-electron chi connectivity index (χ3n) is 4.93. The number of carbonyl (C=O) groups is 1. The van der Waals surface area contributed by atoms with Crippen LogP contribution in [0.15, 0.2) is 35.3 Å². The highest BCUT2D eigenvalue weighted by Gasteiger charge is 2.26. The molecule has 0 saturated carbocycles. The summed E-state index contributed by atoms with van der Waals surface area (Å²) < 4.78 is 4.85. The number of halogens is 1. The number of carbonyl (C=O) groups excluding carboxylic acids is 1. The minimum absolute atomic E-state index is 0. The molecule has 1 aliphatic rings. The third-order valence-corrected chi connectivity index (χ3v) is 4.93. The highest BCUT2D eigenvalue weighted by molar-refractivity contribution is 14.0. The van der Waals surface area contributed by atoms with Gasteiger partial charge >= 0.3 is 5.97 Å². The minimum atomic E-state index is -0.0897. The number of methoxy groups -OCH3 is 1. The van der Waals surface area contributed by atoms with E-state index < -0.39 is 0 Å². The number of hydrogen-bond donors (Lipinski definition) is 1. The molecule has 0 unspecified atom stereocenters. The van der Waals surface area contributed by atoms with Crippen molar-refractivity contribution in [2.45, 2.75) is 26.2 Å². The van der Waals surface area contributed by atoms with E-state index in [9.17, 15) is 4.79 Å². The van der Waals surface area contributed by atoms with Crippen molar-refractivity contribution >= 4 is 41.6 Å². The Morgan fingerprint density at radius 1 is 1.30 bits per heavy atom. The lowest BCUT2D eigenvalue weighted by molar-refractivity contribution is -0.146. The average molecular weight is 488 g/mol. The van der Waals surface area contributed by atoms with Crippen molar-refractivity contribution in [3.05, 3.63) is 30.3 Å². The summed E-state index contributed by atoms with van der Waals surface area (Å²) in [4.78, 5) is 20.7. The maximum Gasteiger partial charge on any atom is 0.308 e. The lowest BCUT2D eigenvalue weighted by Crippen LogP contribution is -2.47. The monoisotopic (exact) mass is 488 g/mol. The van der Waals surface area contributed by atoms with Gasteiger partial charge in [0.2, 0.25) is 0 Å². The van der Waals surface area contributed by atoms with Crippen LogP contribution in [0.3, 0.4) is 0 Å². The molecule has 152 valence electrons. The molecule has 0 aliphatic carbocycles. The Kier molecular flexibility index (Phi) is 11.2. The van der Waals surface area contributed by atoms with Gasteiger partial charge in [0, 0.05) is 45.5 Å². The van der Waals surface area contributed by atoms with Crippen LogP contribution in [0, 0.1) is 5.92 Å². The molecule has 0 radical (unpaired) electrons. The first-order valence-corrected chi connectivity index (χ1v) is 9.53. The lowest BCUT2D eigenvalue weighted by atomic mass is 9.97. The first-order valence-electron chi connectivity index (χ1n) is 9.53. The number of piperidine rings is 1. The van der Waals surface area contributed by atoms with Gasteiger partial charge in [0.25, 0.3) is 0 Å². The predicted molar refractivity (Wildman–Crippen MR) is 122 cm³/mol. The SMILES string of the molecule is CCN(CCCNC(=NC)N1CCC(C(=O)OC)CC1)c1ccccc1.I. The first-order chi connectivity index (χ1) is 12.7. The standard InChI is InChI=1S/C20H32N4O2.HI/c1-4-23(18-9-6-5-7-10-18)14-8-13-22-20(21-2)24-15-11-17(12-16-24)19(25)26-3;/h5-7,9-10,17H,4,8,11-16H2,1-3H3,(H,21,22);1H. The maximum absolute atomic E-state index is 11.6. The van der Waals surface area contributed by atoms with Gasteiger partial charge in [0.15, 0.2) is 5.96 Å². The Morgan fingerprint density at radius 2 is 1.96 bits per heavy atom. The van der Waals surface area contributed by atoms with E-state index in [-0.39, 0.29) is 35.9 Å². The second kappa shape index (κ2) is 12.8. The summed E-state index contributed by atoms with van der Waals surface area (Å²) in [6.45, 7) is 6.75. The topological polar surface area (TPSA) is 57.2 Å². The molecule has 1 aromatic carbocycles. The minimum Gasteiger partial charge on any atom is -0.469 e. The van der Waals surface area contributed by atoms with E-state index in [1.54, 1.807) is 0 Å². The van der Waals surface area contributed by atoms with Crippen molar-refractivity contribution in [1.29, 1.82) is 0 Å². The Balaban J connectivity index is 0.00000364. The number of esters is 1. The van der Waals surface area contributed by atoms with Crippen molar-refractivity contribution in [2.75, 3.05) is 51.8 Å². The van der Waals surface area contributed by atoms with Gasteiger partial charge in [-0.3, -0.25) is 9.79 Å². The highest BCUT2D eigenvalue weighted by atomic mass is 127. The summed E-state index contributed by atoms with van der Waals surface area (Å²) in [7, 11) is 3.28. The maximum atomic E-state index is 11.6. The van der Waals surface area contributed by atoms with Crippen LogP contribution in [0.25, 0.3) is 0 Å². The fourth-order valence-corrected chi connectivity index (χ4v) is 3.40. The Morgan fingerprint density at radius 3 is 2.52 bits per heavy atom. The van der Waals surface area contributed by atoms with Crippen LogP contribution in [0.4, 0.5) is 5.69 Å². The highest BCUT2D eigenvalue weighted by Crippen LogP contribution is 2.18. The summed E-state index contributed by atoms with van der Waals surface area (Å²) in [5, 5.41) is 3.46. The van der Waals surface area contributed by atoms with Crippen LogP contribution in [-0.4, -0.2) is 63.7 Å². The molecule has 2 rings (SSSR count). The van der Waals surface area contributed by atoms with E-state index >= 15 is 0 Å². The molecule has 1 saturated heterocycles. The number of anilines is 1. The quantitative estimate of drug-likeness (QED) is 0.210. The molecule has 1 N–H and O–H groups in total. The molecule has 1 aromatic rings. The molecule has 0 spiro atoms. The number of hydrogen-bond acceptors (Lipinski definition) is 4. The summed E-state index contributed by atoms with van der Waals surface area (Å²) in [5.41, 5.74) is 1.27. The molecular formula is C20H33IN4O2. The number of benzene rings is 1. The average Bonchev–Trinajstić information content (AvgIpc) is 2.71. The predicted octanol–water partition coefficient (Wildman–Crippen LogP) is 2.98. The van der Waals surface area contributed by atoms with Crippen molar-refractivity contribution in [1.82, 2.24) is 10.2 Å². The molecule has 1 aliphatic heterocycles. The van der Waals surface area contributed by atoms with Crippen molar-refractivity contribution in [3.63, 3.8) is 0 Å². The number of rotatable bonds is 7. The number of likely N-dealkylation sites (tertiary alicyclic amines) is 1. The fourth-order valence-electron chi connectivity index (χ4n) is 3.40. The van der Waals surface area contributed by atoms with Gasteiger partial charge in [-0.15, -0.1) is 24.0 Å². The zero-order chi connectivity index (χ0) is 18.8. The number of para-hydroxylation sites is 1. The first kappa shape index (κ1) is 23.5. The summed E-state index contributed by atoms with van der Waals surface area (Å²) in [5.74, 6) is 0.864. The molecule has 1 heterocycles. The number of aliphatic imine (C=N–C) groups is 1. The van der Waals surface area contributed by atoms with E-state index in [1.807, 2.05) is 13.1 Å². The second-order valence-electron chi connectivity index (χ2n) is 6.53. The molecule has 0 atom stereocenters. The Bertz CT molecular complexity index is 575. The smallest absolute Gasteiger partial charge is 0.308 e. The largest absolute Gasteiger partial charge is 0.469 e. The molecule has 27 heavy (non-hydrogen) atoms. The van der Waals surface area contributed by atoms with Crippen LogP contribution in [0.2, 0.25) is 0 Å². The number of nitrogens with zero attached hydrogens (tertiary/aromatic N) is 3. The lowest BCUT2D eigenvalue weighted by Gasteiger charge is -2.33. The van der Waals surface area contributed by atoms with Crippen LogP contribution < -0.4 is 10.2 Å². The zero-order valence-corrected chi connectivity index (χ0v) is 19.0. The summed E-state index contributed by atoms with van der Waals surface area (Å²) >= 11 is 0. The van der Waals surface area contributed by atoms with Crippen LogP contribution in [0.5, 0.6) is 0 Å². The third kappa shape index (κ3) is 7.20. The second-order valence-corrected chi connectivity index (χ2v) is 6.53. The molecule has 0 amide bonds.